The fraction of sp³-hybridized carbons (Fsp3) is 0.143. The highest BCUT2D eigenvalue weighted by Gasteiger charge is 2.07. The Kier molecular flexibility index (Phi) is 4.14. The maximum absolute atomic E-state index is 11.4. The third-order valence-electron chi connectivity index (χ3n) is 1.39. The lowest BCUT2D eigenvalue weighted by molar-refractivity contribution is 0.0959. The lowest BCUT2D eigenvalue weighted by Gasteiger charge is -2.00. The Hall–Kier alpha value is -0.830. The maximum atomic E-state index is 11.4. The van der Waals surface area contributed by atoms with Crippen LogP contribution < -0.4 is 11.1 Å². The van der Waals surface area contributed by atoms with Gasteiger partial charge in [-0.3, -0.25) is 4.79 Å². The highest BCUT2D eigenvalue weighted by Crippen LogP contribution is 2.16. The Labute approximate surface area is 98.1 Å². The van der Waals surface area contributed by atoms with Gasteiger partial charge in [0.15, 0.2) is 5.84 Å². The van der Waals surface area contributed by atoms with Crippen LogP contribution in [0.25, 0.3) is 0 Å². The zero-order valence-corrected chi connectivity index (χ0v) is 10.0. The molecule has 1 amide bonds. The summed E-state index contributed by atoms with van der Waals surface area (Å²) in [5.74, 6) is -0.251. The van der Waals surface area contributed by atoms with Gasteiger partial charge in [-0.15, -0.1) is 11.3 Å². The normalized spacial score (nSPS) is 11.4. The van der Waals surface area contributed by atoms with E-state index in [-0.39, 0.29) is 18.3 Å². The number of oxime groups is 1. The van der Waals surface area contributed by atoms with Crippen LogP contribution in [0, 0.1) is 2.88 Å². The molecule has 0 aromatic carbocycles. The summed E-state index contributed by atoms with van der Waals surface area (Å²) in [4.78, 5) is 11.4. The van der Waals surface area contributed by atoms with Gasteiger partial charge in [-0.1, -0.05) is 5.16 Å². The Morgan fingerprint density at radius 3 is 3.00 bits per heavy atom. The molecule has 14 heavy (non-hydrogen) atoms. The van der Waals surface area contributed by atoms with Crippen molar-refractivity contribution in [3.05, 3.63) is 19.9 Å². The molecule has 4 N–H and O–H groups in total. The lowest BCUT2D eigenvalue weighted by atomic mass is 10.3. The van der Waals surface area contributed by atoms with Crippen molar-refractivity contribution >= 4 is 45.7 Å². The first kappa shape index (κ1) is 11.2. The molecule has 1 heterocycles. The molecule has 0 bridgehead atoms. The van der Waals surface area contributed by atoms with Crippen LogP contribution in [0.4, 0.5) is 0 Å². The Balaban J connectivity index is 2.51. The van der Waals surface area contributed by atoms with E-state index >= 15 is 0 Å². The first-order valence-corrected chi connectivity index (χ1v) is 5.58. The average Bonchev–Trinajstić information content (AvgIpc) is 2.60. The summed E-state index contributed by atoms with van der Waals surface area (Å²) in [6, 6.07) is 1.77. The van der Waals surface area contributed by atoms with E-state index in [4.69, 9.17) is 10.9 Å². The third-order valence-corrected chi connectivity index (χ3v) is 3.18. The van der Waals surface area contributed by atoms with Gasteiger partial charge in [0.1, 0.15) is 0 Å². The summed E-state index contributed by atoms with van der Waals surface area (Å²) >= 11 is 3.62. The highest BCUT2D eigenvalue weighted by molar-refractivity contribution is 14.1. The van der Waals surface area contributed by atoms with E-state index < -0.39 is 0 Å². The highest BCUT2D eigenvalue weighted by atomic mass is 127. The van der Waals surface area contributed by atoms with Crippen molar-refractivity contribution in [3.63, 3.8) is 0 Å². The van der Waals surface area contributed by atoms with Gasteiger partial charge in [-0.2, -0.15) is 0 Å². The van der Waals surface area contributed by atoms with Crippen LogP contribution >= 0.6 is 33.9 Å². The van der Waals surface area contributed by atoms with Gasteiger partial charge in [0.05, 0.1) is 15.0 Å². The molecule has 0 aliphatic rings. The third kappa shape index (κ3) is 3.14. The van der Waals surface area contributed by atoms with Crippen molar-refractivity contribution in [2.45, 2.75) is 0 Å². The predicted molar refractivity (Wildman–Crippen MR) is 62.8 cm³/mol. The van der Waals surface area contributed by atoms with E-state index in [0.29, 0.717) is 5.56 Å². The second-order valence-corrected chi connectivity index (χ2v) is 5.22. The molecule has 5 nitrogen and oxygen atoms in total. The minimum atomic E-state index is -0.226. The summed E-state index contributed by atoms with van der Waals surface area (Å²) in [5, 5.41) is 15.2. The molecule has 7 heteroatoms. The molecule has 0 saturated carbocycles. The van der Waals surface area contributed by atoms with Gasteiger partial charge in [-0.25, -0.2) is 0 Å². The number of amides is 1. The van der Waals surface area contributed by atoms with Crippen LogP contribution in [0.3, 0.4) is 0 Å². The van der Waals surface area contributed by atoms with E-state index in [2.05, 4.69) is 33.1 Å². The molecule has 1 aromatic rings. The maximum Gasteiger partial charge on any atom is 0.252 e. The first-order chi connectivity index (χ1) is 6.63. The Bertz CT molecular complexity index is 364. The van der Waals surface area contributed by atoms with Crippen molar-refractivity contribution in [2.24, 2.45) is 10.9 Å². The van der Waals surface area contributed by atoms with Crippen molar-refractivity contribution in [2.75, 3.05) is 6.54 Å². The lowest BCUT2D eigenvalue weighted by Crippen LogP contribution is -2.33. The van der Waals surface area contributed by atoms with Crippen LogP contribution in [-0.2, 0) is 0 Å². The van der Waals surface area contributed by atoms with Gasteiger partial charge >= 0.3 is 0 Å². The molecule has 0 radical (unpaired) electrons. The van der Waals surface area contributed by atoms with E-state index in [1.165, 1.54) is 11.3 Å². The van der Waals surface area contributed by atoms with Gasteiger partial charge in [0.25, 0.3) is 5.91 Å². The number of hydrogen-bond donors (Lipinski definition) is 3. The van der Waals surface area contributed by atoms with E-state index in [0.717, 1.165) is 2.88 Å². The van der Waals surface area contributed by atoms with Crippen LogP contribution in [0.5, 0.6) is 0 Å². The van der Waals surface area contributed by atoms with E-state index in [1.807, 2.05) is 0 Å². The van der Waals surface area contributed by atoms with Crippen LogP contribution in [0.2, 0.25) is 0 Å². The number of carbonyl (C=O) groups excluding carboxylic acids is 1. The number of hydrogen-bond acceptors (Lipinski definition) is 4. The van der Waals surface area contributed by atoms with Gasteiger partial charge in [0, 0.05) is 5.38 Å². The topological polar surface area (TPSA) is 87.7 Å². The zero-order chi connectivity index (χ0) is 10.6. The van der Waals surface area contributed by atoms with Crippen molar-refractivity contribution in [3.8, 4) is 0 Å². The fourth-order valence-corrected chi connectivity index (χ4v) is 2.06. The number of carbonyl (C=O) groups is 1. The smallest absolute Gasteiger partial charge is 0.252 e. The predicted octanol–water partition coefficient (Wildman–Crippen LogP) is 0.829. The number of nitrogens with two attached hydrogens (primary N) is 1. The second-order valence-electron chi connectivity index (χ2n) is 2.41. The Morgan fingerprint density at radius 2 is 2.50 bits per heavy atom. The standard InChI is InChI=1S/C7H8IN3O2S/c8-5-1-4(3-14-5)7(12)10-2-6(9)11-13/h1,3,13H,2H2,(H2,9,11)(H,10,12). The molecule has 0 aliphatic heterocycles. The zero-order valence-electron chi connectivity index (χ0n) is 7.03. The molecule has 0 unspecified atom stereocenters. The molecule has 0 spiro atoms. The number of rotatable bonds is 3. The van der Waals surface area contributed by atoms with Crippen LogP contribution in [0.15, 0.2) is 16.6 Å². The minimum Gasteiger partial charge on any atom is -0.409 e. The number of thiophene rings is 1. The monoisotopic (exact) mass is 325 g/mol. The molecular formula is C7H8IN3O2S. The summed E-state index contributed by atoms with van der Waals surface area (Å²) in [5.41, 5.74) is 5.78. The molecule has 0 saturated heterocycles. The minimum absolute atomic E-state index is 0.0247. The summed E-state index contributed by atoms with van der Waals surface area (Å²) < 4.78 is 1.04. The number of nitrogens with zero attached hydrogens (tertiary/aromatic N) is 1. The SMILES string of the molecule is NC(CNC(=O)c1csc(I)c1)=NO. The molecule has 1 aromatic heterocycles. The quantitative estimate of drug-likeness (QED) is 0.253. The van der Waals surface area contributed by atoms with Crippen molar-refractivity contribution in [1.29, 1.82) is 0 Å². The fourth-order valence-electron chi connectivity index (χ4n) is 0.737. The van der Waals surface area contributed by atoms with E-state index in [1.54, 1.807) is 11.4 Å². The number of nitrogens with one attached hydrogen (secondary N) is 1. The first-order valence-electron chi connectivity index (χ1n) is 3.62. The van der Waals surface area contributed by atoms with Crippen molar-refractivity contribution in [1.82, 2.24) is 5.32 Å². The summed E-state index contributed by atoms with van der Waals surface area (Å²) in [7, 11) is 0. The molecule has 0 fully saturated rings. The molecular weight excluding hydrogens is 317 g/mol. The summed E-state index contributed by atoms with van der Waals surface area (Å²) in [6.07, 6.45) is 0. The van der Waals surface area contributed by atoms with E-state index in [9.17, 15) is 4.79 Å². The largest absolute Gasteiger partial charge is 0.409 e. The molecule has 0 aliphatic carbocycles. The molecule has 0 atom stereocenters. The van der Waals surface area contributed by atoms with Gasteiger partial charge in [-0.05, 0) is 28.7 Å². The molecule has 76 valence electrons. The Morgan fingerprint density at radius 1 is 1.79 bits per heavy atom. The van der Waals surface area contributed by atoms with Crippen molar-refractivity contribution < 1.29 is 10.0 Å². The number of amidine groups is 1. The van der Waals surface area contributed by atoms with Gasteiger partial charge < -0.3 is 16.3 Å². The second kappa shape index (κ2) is 5.15. The van der Waals surface area contributed by atoms with Crippen LogP contribution in [-0.4, -0.2) is 23.5 Å². The average molecular weight is 325 g/mol. The summed E-state index contributed by atoms with van der Waals surface area (Å²) in [6.45, 7) is 0.0434. The van der Waals surface area contributed by atoms with Gasteiger partial charge in [0.2, 0.25) is 0 Å². The van der Waals surface area contributed by atoms with Crippen LogP contribution in [0.1, 0.15) is 10.4 Å². The number of halogens is 1. The molecule has 1 rings (SSSR count).